The highest BCUT2D eigenvalue weighted by Gasteiger charge is 2.34. The van der Waals surface area contributed by atoms with Crippen molar-refractivity contribution < 1.29 is 9.53 Å². The molecule has 1 saturated heterocycles. The number of carbonyl (C=O) groups excluding carboxylic acids is 1. The van der Waals surface area contributed by atoms with E-state index < -0.39 is 0 Å². The van der Waals surface area contributed by atoms with Crippen LogP contribution in [-0.2, 0) is 9.53 Å². The fourth-order valence-corrected chi connectivity index (χ4v) is 7.27. The van der Waals surface area contributed by atoms with Crippen LogP contribution in [0.5, 0.6) is 0 Å². The molecule has 0 aromatic heterocycles. The average molecular weight is 497 g/mol. The second kappa shape index (κ2) is 14.1. The minimum atomic E-state index is 0.0349. The van der Waals surface area contributed by atoms with Gasteiger partial charge in [0.15, 0.2) is 0 Å². The van der Waals surface area contributed by atoms with Gasteiger partial charge in [0, 0.05) is 12.3 Å². The third kappa shape index (κ3) is 9.00. The van der Waals surface area contributed by atoms with Gasteiger partial charge in [0.1, 0.15) is 5.78 Å². The van der Waals surface area contributed by atoms with Gasteiger partial charge >= 0.3 is 0 Å². The van der Waals surface area contributed by atoms with Crippen molar-refractivity contribution in [2.45, 2.75) is 143 Å². The van der Waals surface area contributed by atoms with Gasteiger partial charge in [0.2, 0.25) is 0 Å². The van der Waals surface area contributed by atoms with E-state index in [9.17, 15) is 4.79 Å². The van der Waals surface area contributed by atoms with Crippen molar-refractivity contribution in [3.05, 3.63) is 34.9 Å². The number of ether oxygens (including phenoxy) is 1. The Morgan fingerprint density at radius 3 is 2.39 bits per heavy atom. The molecule has 0 radical (unpaired) electrons. The van der Waals surface area contributed by atoms with Crippen LogP contribution in [0.4, 0.5) is 0 Å². The zero-order valence-corrected chi connectivity index (χ0v) is 24.5. The first-order chi connectivity index (χ1) is 17.2. The van der Waals surface area contributed by atoms with Crippen LogP contribution in [0, 0.1) is 37.5 Å². The number of carbonyl (C=O) groups is 1. The predicted octanol–water partition coefficient (Wildman–Crippen LogP) is 9.74. The van der Waals surface area contributed by atoms with Gasteiger partial charge in [-0.3, -0.25) is 4.79 Å². The summed E-state index contributed by atoms with van der Waals surface area (Å²) in [6, 6.07) is 7.16. The maximum Gasteiger partial charge on any atom is 0.136 e. The molecule has 0 spiro atoms. The fraction of sp³-hybridized carbons (Fsp3) is 0.794. The number of ketones is 1. The fourth-order valence-electron chi connectivity index (χ4n) is 7.27. The Labute approximate surface area is 223 Å². The SMILES string of the molecule is CCCCCC(c1cc(C)cc(C)c1)C1CCCC(C(=O)CC(CCC)CC2CCC(C)(C)OC2)C1. The van der Waals surface area contributed by atoms with E-state index in [4.69, 9.17) is 4.74 Å². The molecule has 1 aliphatic carbocycles. The smallest absolute Gasteiger partial charge is 0.136 e. The van der Waals surface area contributed by atoms with Crippen molar-refractivity contribution >= 4 is 5.78 Å². The molecule has 36 heavy (non-hydrogen) atoms. The zero-order chi connectivity index (χ0) is 26.1. The standard InChI is InChI=1S/C34H56O2/c1-7-9-10-15-32(31-19-25(3)18-26(4)20-31)29-13-11-14-30(23-29)33(35)22-27(12-8-2)21-28-16-17-34(5,6)36-24-28/h18-20,27-30,32H,7-17,21-24H2,1-6H3. The number of Topliss-reactive ketones (excluding diaryl/α,β-unsaturated/α-hetero) is 1. The van der Waals surface area contributed by atoms with E-state index in [2.05, 4.69) is 59.7 Å². The van der Waals surface area contributed by atoms with Crippen LogP contribution >= 0.6 is 0 Å². The molecule has 0 bridgehead atoms. The van der Waals surface area contributed by atoms with Crippen LogP contribution in [-0.4, -0.2) is 18.0 Å². The van der Waals surface area contributed by atoms with Crippen molar-refractivity contribution in [2.24, 2.45) is 23.7 Å². The van der Waals surface area contributed by atoms with Gasteiger partial charge in [0.25, 0.3) is 0 Å². The van der Waals surface area contributed by atoms with Crippen LogP contribution in [0.3, 0.4) is 0 Å². The maximum absolute atomic E-state index is 13.7. The number of unbranched alkanes of at least 4 members (excludes halogenated alkanes) is 2. The van der Waals surface area contributed by atoms with E-state index in [1.54, 1.807) is 0 Å². The lowest BCUT2D eigenvalue weighted by Gasteiger charge is -2.37. The summed E-state index contributed by atoms with van der Waals surface area (Å²) in [5, 5.41) is 0. The molecular formula is C34H56O2. The molecule has 204 valence electrons. The highest BCUT2D eigenvalue weighted by Crippen LogP contribution is 2.43. The van der Waals surface area contributed by atoms with Gasteiger partial charge in [-0.15, -0.1) is 0 Å². The lowest BCUT2D eigenvalue weighted by atomic mass is 9.69. The Bertz CT molecular complexity index is 779. The van der Waals surface area contributed by atoms with Gasteiger partial charge in [0.05, 0.1) is 12.2 Å². The van der Waals surface area contributed by atoms with Crippen LogP contribution in [0.1, 0.15) is 140 Å². The second-order valence-corrected chi connectivity index (χ2v) is 13.2. The number of benzene rings is 1. The minimum Gasteiger partial charge on any atom is -0.375 e. The molecule has 2 aliphatic rings. The van der Waals surface area contributed by atoms with E-state index in [1.165, 1.54) is 80.9 Å². The molecule has 2 heteroatoms. The molecule has 0 amide bonds. The monoisotopic (exact) mass is 496 g/mol. The molecule has 5 atom stereocenters. The molecule has 0 N–H and O–H groups in total. The van der Waals surface area contributed by atoms with Crippen LogP contribution in [0.25, 0.3) is 0 Å². The molecule has 1 heterocycles. The third-order valence-corrected chi connectivity index (χ3v) is 9.25. The third-order valence-electron chi connectivity index (χ3n) is 9.25. The highest BCUT2D eigenvalue weighted by molar-refractivity contribution is 5.81. The number of hydrogen-bond acceptors (Lipinski definition) is 2. The predicted molar refractivity (Wildman–Crippen MR) is 154 cm³/mol. The van der Waals surface area contributed by atoms with Crippen LogP contribution in [0.2, 0.25) is 0 Å². The van der Waals surface area contributed by atoms with Gasteiger partial charge in [-0.1, -0.05) is 81.7 Å². The van der Waals surface area contributed by atoms with E-state index in [-0.39, 0.29) is 11.5 Å². The van der Waals surface area contributed by atoms with Crippen LogP contribution < -0.4 is 0 Å². The minimum absolute atomic E-state index is 0.0349. The summed E-state index contributed by atoms with van der Waals surface area (Å²) in [5.74, 6) is 3.29. The molecule has 1 aromatic rings. The van der Waals surface area contributed by atoms with E-state index in [0.717, 1.165) is 32.3 Å². The Morgan fingerprint density at radius 2 is 1.75 bits per heavy atom. The molecule has 3 rings (SSSR count). The van der Waals surface area contributed by atoms with Gasteiger partial charge in [-0.25, -0.2) is 0 Å². The Kier molecular flexibility index (Phi) is 11.5. The van der Waals surface area contributed by atoms with Crippen molar-refractivity contribution in [1.82, 2.24) is 0 Å². The summed E-state index contributed by atoms with van der Waals surface area (Å²) < 4.78 is 6.13. The molecule has 1 aliphatic heterocycles. The van der Waals surface area contributed by atoms with Gasteiger partial charge in [-0.05, 0) is 102 Å². The van der Waals surface area contributed by atoms with Crippen molar-refractivity contribution in [2.75, 3.05) is 6.61 Å². The van der Waals surface area contributed by atoms with Crippen molar-refractivity contribution in [1.29, 1.82) is 0 Å². The first-order valence-electron chi connectivity index (χ1n) is 15.5. The zero-order valence-electron chi connectivity index (χ0n) is 24.5. The first-order valence-corrected chi connectivity index (χ1v) is 15.5. The van der Waals surface area contributed by atoms with Crippen molar-refractivity contribution in [3.63, 3.8) is 0 Å². The normalized spacial score (nSPS) is 25.9. The molecular weight excluding hydrogens is 440 g/mol. The summed E-state index contributed by atoms with van der Waals surface area (Å²) in [5.41, 5.74) is 4.33. The van der Waals surface area contributed by atoms with Crippen molar-refractivity contribution in [3.8, 4) is 0 Å². The van der Waals surface area contributed by atoms with Crippen LogP contribution in [0.15, 0.2) is 18.2 Å². The molecule has 1 aromatic carbocycles. The first kappa shape index (κ1) is 29.4. The van der Waals surface area contributed by atoms with Gasteiger partial charge in [-0.2, -0.15) is 0 Å². The second-order valence-electron chi connectivity index (χ2n) is 13.2. The molecule has 1 saturated carbocycles. The molecule has 5 unspecified atom stereocenters. The lowest BCUT2D eigenvalue weighted by molar-refractivity contribution is -0.126. The highest BCUT2D eigenvalue weighted by atomic mass is 16.5. The van der Waals surface area contributed by atoms with Gasteiger partial charge < -0.3 is 4.74 Å². The Balaban J connectivity index is 1.64. The quantitative estimate of drug-likeness (QED) is 0.254. The average Bonchev–Trinajstić information content (AvgIpc) is 2.83. The maximum atomic E-state index is 13.7. The summed E-state index contributed by atoms with van der Waals surface area (Å²) in [6.07, 6.45) is 16.7. The summed E-state index contributed by atoms with van der Waals surface area (Å²) in [7, 11) is 0. The largest absolute Gasteiger partial charge is 0.375 e. The Morgan fingerprint density at radius 1 is 1.00 bits per heavy atom. The number of rotatable bonds is 13. The number of hydrogen-bond donors (Lipinski definition) is 0. The van der Waals surface area contributed by atoms with E-state index in [0.29, 0.717) is 29.5 Å². The van der Waals surface area contributed by atoms with E-state index in [1.807, 2.05) is 0 Å². The molecule has 2 fully saturated rings. The number of aryl methyl sites for hydroxylation is 2. The summed E-state index contributed by atoms with van der Waals surface area (Å²) in [6.45, 7) is 14.3. The summed E-state index contributed by atoms with van der Waals surface area (Å²) in [4.78, 5) is 13.7. The summed E-state index contributed by atoms with van der Waals surface area (Å²) >= 11 is 0. The molecule has 2 nitrogen and oxygen atoms in total. The Hall–Kier alpha value is -1.15. The lowest BCUT2D eigenvalue weighted by Crippen LogP contribution is -2.34. The van der Waals surface area contributed by atoms with E-state index >= 15 is 0 Å². The topological polar surface area (TPSA) is 26.3 Å².